The fourth-order valence-electron chi connectivity index (χ4n) is 5.69. The van der Waals surface area contributed by atoms with Crippen LogP contribution in [0.5, 0.6) is 0 Å². The highest BCUT2D eigenvalue weighted by atomic mass is 31.2. The Bertz CT molecular complexity index is 1020. The number of carbonyl (C=O) groups excluding carboxylic acids is 2. The third kappa shape index (κ3) is 39.9. The monoisotopic (exact) mass is 784 g/mol. The number of esters is 2. The topological polar surface area (TPSA) is 111 Å². The highest BCUT2D eigenvalue weighted by Gasteiger charge is 2.21. The van der Waals surface area contributed by atoms with Gasteiger partial charge in [0, 0.05) is 12.8 Å². The molecule has 0 aliphatic rings. The van der Waals surface area contributed by atoms with Gasteiger partial charge in [-0.05, 0) is 64.2 Å². The second kappa shape index (κ2) is 36.8. The molecular weight excluding hydrogens is 701 g/mol. The van der Waals surface area contributed by atoms with Crippen LogP contribution in [0.15, 0.2) is 36.5 Å². The van der Waals surface area contributed by atoms with E-state index in [2.05, 4.69) is 50.3 Å². The largest absolute Gasteiger partial charge is 0.756 e. The Balaban J connectivity index is 4.44. The minimum Gasteiger partial charge on any atom is -0.756 e. The van der Waals surface area contributed by atoms with Crippen LogP contribution in [0.1, 0.15) is 181 Å². The molecule has 0 aromatic rings. The van der Waals surface area contributed by atoms with Crippen molar-refractivity contribution in [1.29, 1.82) is 0 Å². The summed E-state index contributed by atoms with van der Waals surface area (Å²) in [6.07, 6.45) is 40.4. The van der Waals surface area contributed by atoms with Crippen LogP contribution in [-0.2, 0) is 32.7 Å². The molecule has 9 nitrogen and oxygen atoms in total. The molecule has 54 heavy (non-hydrogen) atoms. The molecule has 0 aliphatic heterocycles. The average molecular weight is 784 g/mol. The molecular formula is C44H82NO8P. The van der Waals surface area contributed by atoms with Crippen molar-refractivity contribution in [3.63, 3.8) is 0 Å². The Hall–Kier alpha value is -1.77. The van der Waals surface area contributed by atoms with Crippen molar-refractivity contribution in [3.05, 3.63) is 36.5 Å². The van der Waals surface area contributed by atoms with E-state index in [0.29, 0.717) is 23.9 Å². The molecule has 0 N–H and O–H groups in total. The van der Waals surface area contributed by atoms with Crippen LogP contribution in [0.4, 0.5) is 0 Å². The summed E-state index contributed by atoms with van der Waals surface area (Å²) in [7, 11) is 1.13. The molecule has 0 aromatic carbocycles. The fraction of sp³-hybridized carbons (Fsp3) is 0.818. The Morgan fingerprint density at radius 1 is 0.574 bits per heavy atom. The third-order valence-electron chi connectivity index (χ3n) is 9.13. The van der Waals surface area contributed by atoms with Crippen LogP contribution < -0.4 is 4.89 Å². The lowest BCUT2D eigenvalue weighted by atomic mass is 10.1. The van der Waals surface area contributed by atoms with E-state index in [-0.39, 0.29) is 26.1 Å². The molecule has 1 unspecified atom stereocenters. The highest BCUT2D eigenvalue weighted by molar-refractivity contribution is 7.45. The maximum Gasteiger partial charge on any atom is 0.306 e. The van der Waals surface area contributed by atoms with Gasteiger partial charge >= 0.3 is 11.9 Å². The number of nitrogens with zero attached hydrogens (tertiary/aromatic N) is 1. The van der Waals surface area contributed by atoms with Crippen LogP contribution in [0, 0.1) is 0 Å². The predicted octanol–water partition coefficient (Wildman–Crippen LogP) is 11.5. The number of hydrogen-bond acceptors (Lipinski definition) is 8. The van der Waals surface area contributed by atoms with Gasteiger partial charge in [0.2, 0.25) is 0 Å². The first-order valence-corrected chi connectivity index (χ1v) is 23.2. The molecule has 2 atom stereocenters. The molecule has 0 saturated heterocycles. The SMILES string of the molecule is CCCCCCCC/C=C/CCCCCC(=O)O[C@H](COC(=O)CCC/C=C/C/C=C/CCCCCCCCCCC)COP(=O)([O-])OCC[N+](C)(C)C. The maximum absolute atomic E-state index is 12.6. The fourth-order valence-corrected chi connectivity index (χ4v) is 6.42. The van der Waals surface area contributed by atoms with Crippen molar-refractivity contribution in [1.82, 2.24) is 0 Å². The molecule has 316 valence electrons. The Labute approximate surface area is 331 Å². The number of phosphoric ester groups is 1. The Morgan fingerprint density at radius 2 is 1.02 bits per heavy atom. The van der Waals surface area contributed by atoms with E-state index >= 15 is 0 Å². The Morgan fingerprint density at radius 3 is 1.54 bits per heavy atom. The van der Waals surface area contributed by atoms with Gasteiger partial charge in [0.15, 0.2) is 6.10 Å². The van der Waals surface area contributed by atoms with Gasteiger partial charge < -0.3 is 27.9 Å². The molecule has 0 spiro atoms. The van der Waals surface area contributed by atoms with Gasteiger partial charge in [0.05, 0.1) is 27.7 Å². The van der Waals surface area contributed by atoms with E-state index in [4.69, 9.17) is 18.5 Å². The second-order valence-corrected chi connectivity index (χ2v) is 17.1. The standard InChI is InChI=1S/C44H82NO8P/c1-6-8-10-12-14-16-18-20-21-22-23-25-26-28-30-32-34-36-43(46)50-40-42(41-52-54(48,49)51-39-38-45(3,4)5)53-44(47)37-35-33-31-29-27-24-19-17-15-13-11-9-7-2/h23-25,27-28,30,42H,6-22,26,29,31-41H2,1-5H3/b25-23+,27-24+,30-28+/t42-/m1/s1. The van der Waals surface area contributed by atoms with E-state index in [1.807, 2.05) is 21.1 Å². The maximum atomic E-state index is 12.6. The minimum atomic E-state index is -4.63. The van der Waals surface area contributed by atoms with Crippen molar-refractivity contribution in [2.75, 3.05) is 47.5 Å². The zero-order valence-corrected chi connectivity index (χ0v) is 36.3. The summed E-state index contributed by atoms with van der Waals surface area (Å²) < 4.78 is 33.8. The van der Waals surface area contributed by atoms with Crippen LogP contribution >= 0.6 is 7.82 Å². The number of hydrogen-bond donors (Lipinski definition) is 0. The summed E-state index contributed by atoms with van der Waals surface area (Å²) in [6.45, 7) is 4.15. The Kier molecular flexibility index (Phi) is 35.6. The number of allylic oxidation sites excluding steroid dienone is 6. The van der Waals surface area contributed by atoms with Crippen LogP contribution in [0.2, 0.25) is 0 Å². The van der Waals surface area contributed by atoms with Gasteiger partial charge in [-0.3, -0.25) is 14.2 Å². The van der Waals surface area contributed by atoms with E-state index in [9.17, 15) is 19.0 Å². The van der Waals surface area contributed by atoms with Gasteiger partial charge in [-0.2, -0.15) is 0 Å². The molecule has 0 rings (SSSR count). The minimum absolute atomic E-state index is 0.0396. The molecule has 0 bridgehead atoms. The van der Waals surface area contributed by atoms with Gasteiger partial charge in [0.1, 0.15) is 19.8 Å². The van der Waals surface area contributed by atoms with Gasteiger partial charge in [-0.15, -0.1) is 0 Å². The molecule has 0 fully saturated rings. The van der Waals surface area contributed by atoms with Crippen molar-refractivity contribution in [3.8, 4) is 0 Å². The first-order chi connectivity index (χ1) is 26.0. The number of carbonyl (C=O) groups is 2. The van der Waals surface area contributed by atoms with Gasteiger partial charge in [-0.25, -0.2) is 0 Å². The number of likely N-dealkylation sites (N-methyl/N-ethyl adjacent to an activating group) is 1. The summed E-state index contributed by atoms with van der Waals surface area (Å²) in [4.78, 5) is 37.4. The smallest absolute Gasteiger partial charge is 0.306 e. The zero-order valence-electron chi connectivity index (χ0n) is 35.4. The van der Waals surface area contributed by atoms with Crippen LogP contribution in [-0.4, -0.2) is 70.0 Å². The molecule has 0 aliphatic carbocycles. The number of rotatable bonds is 39. The summed E-state index contributed by atoms with van der Waals surface area (Å²) in [5.74, 6) is -0.906. The van der Waals surface area contributed by atoms with Crippen molar-refractivity contribution < 1.29 is 42.1 Å². The molecule has 0 radical (unpaired) electrons. The summed E-state index contributed by atoms with van der Waals surface area (Å²) in [5, 5.41) is 0. The molecule has 10 heteroatoms. The lowest BCUT2D eigenvalue weighted by molar-refractivity contribution is -0.870. The van der Waals surface area contributed by atoms with Crippen molar-refractivity contribution in [2.45, 2.75) is 187 Å². The molecule has 0 saturated carbocycles. The van der Waals surface area contributed by atoms with E-state index in [0.717, 1.165) is 44.9 Å². The number of quaternary nitrogens is 1. The van der Waals surface area contributed by atoms with E-state index < -0.39 is 32.5 Å². The van der Waals surface area contributed by atoms with Crippen molar-refractivity contribution in [2.24, 2.45) is 0 Å². The first-order valence-electron chi connectivity index (χ1n) is 21.7. The normalized spacial score (nSPS) is 14.0. The third-order valence-corrected chi connectivity index (χ3v) is 10.1. The number of unbranched alkanes of at least 4 members (excludes halogenated alkanes) is 19. The lowest BCUT2D eigenvalue weighted by Crippen LogP contribution is -2.37. The van der Waals surface area contributed by atoms with Crippen molar-refractivity contribution >= 4 is 19.8 Å². The second-order valence-electron chi connectivity index (χ2n) is 15.7. The molecule has 0 amide bonds. The van der Waals surface area contributed by atoms with E-state index in [1.54, 1.807) is 0 Å². The number of phosphoric acid groups is 1. The van der Waals surface area contributed by atoms with Crippen LogP contribution in [0.3, 0.4) is 0 Å². The van der Waals surface area contributed by atoms with Gasteiger partial charge in [0.25, 0.3) is 7.82 Å². The zero-order chi connectivity index (χ0) is 40.0. The van der Waals surface area contributed by atoms with Gasteiger partial charge in [-0.1, -0.05) is 140 Å². The van der Waals surface area contributed by atoms with Crippen LogP contribution in [0.25, 0.3) is 0 Å². The molecule has 0 aromatic heterocycles. The predicted molar refractivity (Wildman–Crippen MR) is 222 cm³/mol. The summed E-state index contributed by atoms with van der Waals surface area (Å²) >= 11 is 0. The highest BCUT2D eigenvalue weighted by Crippen LogP contribution is 2.38. The average Bonchev–Trinajstić information content (AvgIpc) is 3.12. The summed E-state index contributed by atoms with van der Waals surface area (Å²) in [6, 6.07) is 0. The first kappa shape index (κ1) is 52.2. The van der Waals surface area contributed by atoms with E-state index in [1.165, 1.54) is 96.3 Å². The lowest BCUT2D eigenvalue weighted by Gasteiger charge is -2.28. The quantitative estimate of drug-likeness (QED) is 0.0199. The summed E-state index contributed by atoms with van der Waals surface area (Å²) in [5.41, 5.74) is 0. The molecule has 0 heterocycles. The number of ether oxygens (including phenoxy) is 2.